The molecule has 0 bridgehead atoms. The van der Waals surface area contributed by atoms with Crippen molar-refractivity contribution >= 4 is 28.4 Å². The fraction of sp³-hybridized carbons (Fsp3) is 0.188. The number of fused-ring (bicyclic) bond motifs is 1. The summed E-state index contributed by atoms with van der Waals surface area (Å²) in [7, 11) is 0.787. The summed E-state index contributed by atoms with van der Waals surface area (Å²) < 4.78 is 59.0. The van der Waals surface area contributed by atoms with Crippen molar-refractivity contribution in [3.63, 3.8) is 0 Å². The number of nitrogens with zero attached hydrogens (tertiary/aromatic N) is 2. The fourth-order valence-corrected chi connectivity index (χ4v) is 2.83. The zero-order valence-corrected chi connectivity index (χ0v) is 14.4. The van der Waals surface area contributed by atoms with Crippen LogP contribution in [0.1, 0.15) is 23.2 Å². The van der Waals surface area contributed by atoms with Crippen LogP contribution in [0.3, 0.4) is 0 Å². The van der Waals surface area contributed by atoms with E-state index in [9.17, 15) is 31.9 Å². The number of carbonyl (C=O) groups excluding carboxylic acids is 1. The molecule has 6 nitrogen and oxygen atoms in total. The molecule has 0 N–H and O–H groups in total. The zero-order valence-electron chi connectivity index (χ0n) is 13.6. The van der Waals surface area contributed by atoms with Crippen molar-refractivity contribution in [2.24, 2.45) is 7.05 Å². The molecule has 142 valence electrons. The van der Waals surface area contributed by atoms with Gasteiger partial charge in [-0.3, -0.25) is 14.2 Å². The smallest absolute Gasteiger partial charge is 0.431 e. The first kappa shape index (κ1) is 18.9. The monoisotopic (exact) mass is 404 g/mol. The summed E-state index contributed by atoms with van der Waals surface area (Å²) in [5.41, 5.74) is -5.51. The Bertz CT molecular complexity index is 1220. The Morgan fingerprint density at radius 1 is 1.19 bits per heavy atom. The number of rotatable bonds is 2. The quantitative estimate of drug-likeness (QED) is 0.485. The molecule has 3 rings (SSSR count). The molecule has 0 aliphatic rings. The molecule has 2 heterocycles. The standard InChI is InChI=1S/C16H9ClF4N2O4/c1-6(24)10-3-7-8(17)4-9(18)13(14(7)27-10)23-12(25)5-11(16(19,20)21)22(2)15(23)26/h3-5H,1-2H3. The van der Waals surface area contributed by atoms with Crippen molar-refractivity contribution in [2.45, 2.75) is 13.1 Å². The van der Waals surface area contributed by atoms with E-state index in [1.165, 1.54) is 6.07 Å². The molecule has 0 fully saturated rings. The van der Waals surface area contributed by atoms with Gasteiger partial charge in [-0.1, -0.05) is 11.6 Å². The van der Waals surface area contributed by atoms with E-state index in [1.54, 1.807) is 0 Å². The zero-order chi connectivity index (χ0) is 20.3. The van der Waals surface area contributed by atoms with Gasteiger partial charge in [0.15, 0.2) is 22.9 Å². The highest BCUT2D eigenvalue weighted by atomic mass is 35.5. The van der Waals surface area contributed by atoms with Crippen molar-refractivity contribution in [2.75, 3.05) is 0 Å². The van der Waals surface area contributed by atoms with Crippen LogP contribution in [-0.4, -0.2) is 14.9 Å². The summed E-state index contributed by atoms with van der Waals surface area (Å²) in [6.07, 6.45) is -4.97. The number of ketones is 1. The van der Waals surface area contributed by atoms with Crippen molar-refractivity contribution in [3.05, 3.63) is 61.3 Å². The van der Waals surface area contributed by atoms with Gasteiger partial charge in [0.25, 0.3) is 5.56 Å². The lowest BCUT2D eigenvalue weighted by molar-refractivity contribution is -0.144. The second kappa shape index (κ2) is 6.08. The Hall–Kier alpha value is -2.88. The van der Waals surface area contributed by atoms with E-state index in [1.807, 2.05) is 0 Å². The Labute approximate surface area is 152 Å². The van der Waals surface area contributed by atoms with E-state index in [2.05, 4.69) is 0 Å². The third kappa shape index (κ3) is 2.95. The van der Waals surface area contributed by atoms with Gasteiger partial charge < -0.3 is 4.42 Å². The molecular weight excluding hydrogens is 396 g/mol. The summed E-state index contributed by atoms with van der Waals surface area (Å²) in [5.74, 6) is -1.95. The average molecular weight is 405 g/mol. The maximum Gasteiger partial charge on any atom is 0.431 e. The molecular formula is C16H9ClF4N2O4. The van der Waals surface area contributed by atoms with Crippen molar-refractivity contribution in [1.29, 1.82) is 0 Å². The van der Waals surface area contributed by atoms with Gasteiger partial charge >= 0.3 is 11.9 Å². The molecule has 0 amide bonds. The predicted octanol–water partition coefficient (Wildman–Crippen LogP) is 3.30. The lowest BCUT2D eigenvalue weighted by Crippen LogP contribution is -2.41. The number of halogens is 5. The van der Waals surface area contributed by atoms with Gasteiger partial charge in [0, 0.05) is 25.4 Å². The lowest BCUT2D eigenvalue weighted by atomic mass is 10.2. The molecule has 0 spiro atoms. The third-order valence-corrected chi connectivity index (χ3v) is 4.18. The van der Waals surface area contributed by atoms with E-state index >= 15 is 0 Å². The maximum atomic E-state index is 14.5. The van der Waals surface area contributed by atoms with Crippen LogP contribution < -0.4 is 11.2 Å². The number of benzene rings is 1. The number of hydrogen-bond donors (Lipinski definition) is 0. The van der Waals surface area contributed by atoms with Crippen molar-refractivity contribution in [3.8, 4) is 5.69 Å². The molecule has 0 atom stereocenters. The predicted molar refractivity (Wildman–Crippen MR) is 87.0 cm³/mol. The number of aromatic nitrogens is 2. The lowest BCUT2D eigenvalue weighted by Gasteiger charge is -2.14. The molecule has 0 saturated heterocycles. The summed E-state index contributed by atoms with van der Waals surface area (Å²) in [5, 5.41) is -0.147. The molecule has 2 aromatic heterocycles. The summed E-state index contributed by atoms with van der Waals surface area (Å²) >= 11 is 5.90. The van der Waals surface area contributed by atoms with Crippen LogP contribution >= 0.6 is 11.6 Å². The number of Topliss-reactive ketones (excluding diaryl/α,β-unsaturated/α-hetero) is 1. The molecule has 3 aromatic rings. The van der Waals surface area contributed by atoms with E-state index in [4.69, 9.17) is 16.0 Å². The molecule has 0 radical (unpaired) electrons. The highest BCUT2D eigenvalue weighted by Gasteiger charge is 2.35. The highest BCUT2D eigenvalue weighted by Crippen LogP contribution is 2.33. The number of carbonyl (C=O) groups is 1. The van der Waals surface area contributed by atoms with Crippen LogP contribution in [0.5, 0.6) is 0 Å². The highest BCUT2D eigenvalue weighted by molar-refractivity contribution is 6.35. The number of hydrogen-bond acceptors (Lipinski definition) is 4. The normalized spacial score (nSPS) is 12.0. The van der Waals surface area contributed by atoms with E-state index in [0.29, 0.717) is 0 Å². The fourth-order valence-electron chi connectivity index (χ4n) is 2.60. The Morgan fingerprint density at radius 2 is 1.81 bits per heavy atom. The molecule has 0 unspecified atom stereocenters. The largest absolute Gasteiger partial charge is 0.451 e. The van der Waals surface area contributed by atoms with Gasteiger partial charge in [0.05, 0.1) is 5.02 Å². The van der Waals surface area contributed by atoms with Crippen molar-refractivity contribution < 1.29 is 26.8 Å². The molecule has 0 aliphatic carbocycles. The minimum absolute atomic E-state index is 0.0205. The van der Waals surface area contributed by atoms with E-state index in [0.717, 1.165) is 20.0 Å². The number of alkyl halides is 3. The summed E-state index contributed by atoms with van der Waals surface area (Å²) in [6, 6.07) is 2.11. The van der Waals surface area contributed by atoms with Crippen LogP contribution in [0.4, 0.5) is 17.6 Å². The SMILES string of the molecule is CC(=O)c1cc2c(Cl)cc(F)c(-n3c(=O)cc(C(F)(F)F)n(C)c3=O)c2o1. The Morgan fingerprint density at radius 3 is 2.37 bits per heavy atom. The molecule has 0 saturated carbocycles. The van der Waals surface area contributed by atoms with Gasteiger partial charge in [-0.15, -0.1) is 0 Å². The van der Waals surface area contributed by atoms with E-state index in [-0.39, 0.29) is 31.4 Å². The summed E-state index contributed by atoms with van der Waals surface area (Å²) in [6.45, 7) is 1.16. The van der Waals surface area contributed by atoms with Crippen molar-refractivity contribution in [1.82, 2.24) is 9.13 Å². The van der Waals surface area contributed by atoms with Gasteiger partial charge in [-0.05, 0) is 12.1 Å². The molecule has 0 aliphatic heterocycles. The van der Waals surface area contributed by atoms with E-state index < -0.39 is 46.0 Å². The first-order valence-corrected chi connectivity index (χ1v) is 7.64. The van der Waals surface area contributed by atoms with Crippen LogP contribution in [0.2, 0.25) is 5.02 Å². The average Bonchev–Trinajstić information content (AvgIpc) is 2.98. The Balaban J connectivity index is 2.47. The van der Waals surface area contributed by atoms with Crippen LogP contribution in [0, 0.1) is 5.82 Å². The third-order valence-electron chi connectivity index (χ3n) is 3.87. The van der Waals surface area contributed by atoms with Gasteiger partial charge in [-0.2, -0.15) is 13.2 Å². The molecule has 11 heteroatoms. The van der Waals surface area contributed by atoms with Crippen LogP contribution in [-0.2, 0) is 13.2 Å². The van der Waals surface area contributed by atoms with Crippen LogP contribution in [0.15, 0.2) is 32.2 Å². The minimum Gasteiger partial charge on any atom is -0.451 e. The first-order chi connectivity index (χ1) is 12.4. The minimum atomic E-state index is -4.97. The van der Waals surface area contributed by atoms with Gasteiger partial charge in [-0.25, -0.2) is 13.8 Å². The molecule has 1 aromatic carbocycles. The Kier molecular flexibility index (Phi) is 4.26. The van der Waals surface area contributed by atoms with Gasteiger partial charge in [0.1, 0.15) is 11.4 Å². The van der Waals surface area contributed by atoms with Gasteiger partial charge in [0.2, 0.25) is 0 Å². The number of furan rings is 1. The topological polar surface area (TPSA) is 74.2 Å². The van der Waals surface area contributed by atoms with Crippen LogP contribution in [0.25, 0.3) is 16.7 Å². The summed E-state index contributed by atoms with van der Waals surface area (Å²) in [4.78, 5) is 36.1. The molecule has 27 heavy (non-hydrogen) atoms. The second-order valence-electron chi connectivity index (χ2n) is 5.64. The first-order valence-electron chi connectivity index (χ1n) is 7.26. The second-order valence-corrected chi connectivity index (χ2v) is 6.05. The maximum absolute atomic E-state index is 14.5.